The first kappa shape index (κ1) is 18.6. The van der Waals surface area contributed by atoms with Crippen LogP contribution in [0.3, 0.4) is 0 Å². The Bertz CT molecular complexity index is 681. The largest absolute Gasteiger partial charge is 0.406 e. The molecule has 0 aromatic heterocycles. The first-order valence-electron chi connectivity index (χ1n) is 7.78. The number of halogens is 3. The minimum atomic E-state index is -4.48. The lowest BCUT2D eigenvalue weighted by Gasteiger charge is -2.25. The maximum absolute atomic E-state index is 12.7. The van der Waals surface area contributed by atoms with Gasteiger partial charge in [-0.15, -0.1) is 6.42 Å². The van der Waals surface area contributed by atoms with Crippen molar-refractivity contribution in [1.29, 1.82) is 0 Å². The van der Waals surface area contributed by atoms with Crippen LogP contribution < -0.4 is 0 Å². The molecule has 0 heterocycles. The van der Waals surface area contributed by atoms with E-state index in [9.17, 15) is 18.0 Å². The molecular formula is C20H18F3NO. The lowest BCUT2D eigenvalue weighted by Crippen LogP contribution is -2.39. The van der Waals surface area contributed by atoms with Gasteiger partial charge in [0.2, 0.25) is 5.91 Å². The van der Waals surface area contributed by atoms with Gasteiger partial charge in [0.1, 0.15) is 6.54 Å². The van der Waals surface area contributed by atoms with Gasteiger partial charge in [-0.05, 0) is 11.1 Å². The molecular weight excluding hydrogens is 327 g/mol. The van der Waals surface area contributed by atoms with Gasteiger partial charge in [0.25, 0.3) is 0 Å². The third-order valence-corrected chi connectivity index (χ3v) is 3.79. The van der Waals surface area contributed by atoms with Gasteiger partial charge in [0.05, 0.1) is 6.54 Å². The lowest BCUT2D eigenvalue weighted by molar-refractivity contribution is -0.160. The number of hydrogen-bond donors (Lipinski definition) is 0. The van der Waals surface area contributed by atoms with Gasteiger partial charge in [0, 0.05) is 12.3 Å². The van der Waals surface area contributed by atoms with E-state index in [1.165, 1.54) is 0 Å². The summed E-state index contributed by atoms with van der Waals surface area (Å²) in [5.41, 5.74) is 1.74. The maximum atomic E-state index is 12.7. The number of nitrogens with zero attached hydrogens (tertiary/aromatic N) is 1. The quantitative estimate of drug-likeness (QED) is 0.718. The second-order valence-electron chi connectivity index (χ2n) is 5.65. The van der Waals surface area contributed by atoms with Crippen LogP contribution in [0.5, 0.6) is 0 Å². The third-order valence-electron chi connectivity index (χ3n) is 3.79. The summed E-state index contributed by atoms with van der Waals surface area (Å²) in [5, 5.41) is 0. The summed E-state index contributed by atoms with van der Waals surface area (Å²) in [7, 11) is 0. The number of alkyl halides is 3. The standard InChI is InChI=1S/C20H18F3NO/c1-2-13-24(15-20(21,22)23)19(25)14-18(16-9-5-3-6-10-16)17-11-7-4-8-12-17/h1,3-12,18H,13-15H2. The summed E-state index contributed by atoms with van der Waals surface area (Å²) in [5.74, 6) is 1.18. The summed E-state index contributed by atoms with van der Waals surface area (Å²) in [6, 6.07) is 18.5. The van der Waals surface area contributed by atoms with E-state index in [0.717, 1.165) is 11.1 Å². The number of rotatable bonds is 6. The Balaban J connectivity index is 2.26. The number of terminal acetylenes is 1. The van der Waals surface area contributed by atoms with Gasteiger partial charge in [-0.3, -0.25) is 4.79 Å². The summed E-state index contributed by atoms with van der Waals surface area (Å²) in [6.07, 6.45) is 0.566. The molecule has 2 nitrogen and oxygen atoms in total. The van der Waals surface area contributed by atoms with Crippen LogP contribution in [0.15, 0.2) is 60.7 Å². The molecule has 0 fully saturated rings. The van der Waals surface area contributed by atoms with Crippen LogP contribution in [0, 0.1) is 12.3 Å². The van der Waals surface area contributed by atoms with E-state index in [1.807, 2.05) is 60.7 Å². The number of benzene rings is 2. The van der Waals surface area contributed by atoms with Crippen LogP contribution in [-0.2, 0) is 4.79 Å². The average molecular weight is 345 g/mol. The fraction of sp³-hybridized carbons (Fsp3) is 0.250. The van der Waals surface area contributed by atoms with Crippen LogP contribution in [0.4, 0.5) is 13.2 Å². The molecule has 1 amide bonds. The van der Waals surface area contributed by atoms with Crippen LogP contribution in [0.25, 0.3) is 0 Å². The van der Waals surface area contributed by atoms with Crippen molar-refractivity contribution < 1.29 is 18.0 Å². The minimum Gasteiger partial charge on any atom is -0.322 e. The monoisotopic (exact) mass is 345 g/mol. The first-order chi connectivity index (χ1) is 11.9. The molecule has 2 aromatic carbocycles. The summed E-state index contributed by atoms with van der Waals surface area (Å²) < 4.78 is 38.1. The molecule has 0 saturated carbocycles. The first-order valence-corrected chi connectivity index (χ1v) is 7.78. The normalized spacial score (nSPS) is 11.2. The fourth-order valence-electron chi connectivity index (χ4n) is 2.66. The highest BCUT2D eigenvalue weighted by atomic mass is 19.4. The SMILES string of the molecule is C#CCN(CC(F)(F)F)C(=O)CC(c1ccccc1)c1ccccc1. The van der Waals surface area contributed by atoms with E-state index in [-0.39, 0.29) is 18.9 Å². The Labute approximate surface area is 145 Å². The lowest BCUT2D eigenvalue weighted by atomic mass is 9.88. The fourth-order valence-corrected chi connectivity index (χ4v) is 2.66. The van der Waals surface area contributed by atoms with Crippen molar-refractivity contribution in [2.45, 2.75) is 18.5 Å². The maximum Gasteiger partial charge on any atom is 0.406 e. The van der Waals surface area contributed by atoms with Crippen molar-refractivity contribution in [2.75, 3.05) is 13.1 Å². The smallest absolute Gasteiger partial charge is 0.322 e. The van der Waals surface area contributed by atoms with E-state index >= 15 is 0 Å². The predicted octanol–water partition coefficient (Wildman–Crippen LogP) is 4.23. The molecule has 0 N–H and O–H groups in total. The predicted molar refractivity (Wildman–Crippen MR) is 90.8 cm³/mol. The molecule has 0 atom stereocenters. The van der Waals surface area contributed by atoms with E-state index in [4.69, 9.17) is 6.42 Å². The average Bonchev–Trinajstić information content (AvgIpc) is 2.59. The zero-order chi connectivity index (χ0) is 18.3. The molecule has 2 rings (SSSR count). The highest BCUT2D eigenvalue weighted by molar-refractivity contribution is 5.78. The molecule has 5 heteroatoms. The summed E-state index contributed by atoms with van der Waals surface area (Å²) in [4.78, 5) is 13.2. The number of carbonyl (C=O) groups excluding carboxylic acids is 1. The molecule has 2 aromatic rings. The Morgan fingerprint density at radius 2 is 1.48 bits per heavy atom. The minimum absolute atomic E-state index is 0.0776. The van der Waals surface area contributed by atoms with Crippen molar-refractivity contribution in [2.24, 2.45) is 0 Å². The summed E-state index contributed by atoms with van der Waals surface area (Å²) >= 11 is 0. The van der Waals surface area contributed by atoms with Crippen molar-refractivity contribution >= 4 is 5.91 Å². The molecule has 0 spiro atoms. The number of carbonyl (C=O) groups is 1. The molecule has 0 aliphatic heterocycles. The van der Waals surface area contributed by atoms with Gasteiger partial charge in [0.15, 0.2) is 0 Å². The number of amides is 1. The topological polar surface area (TPSA) is 20.3 Å². The second kappa shape index (κ2) is 8.39. The molecule has 0 unspecified atom stereocenters. The van der Waals surface area contributed by atoms with Gasteiger partial charge in [-0.1, -0.05) is 66.6 Å². The van der Waals surface area contributed by atoms with Crippen LogP contribution in [0.2, 0.25) is 0 Å². The highest BCUT2D eigenvalue weighted by Crippen LogP contribution is 2.29. The molecule has 130 valence electrons. The Kier molecular flexibility index (Phi) is 6.24. The van der Waals surface area contributed by atoms with Crippen LogP contribution in [-0.4, -0.2) is 30.1 Å². The van der Waals surface area contributed by atoms with Crippen LogP contribution in [0.1, 0.15) is 23.5 Å². The van der Waals surface area contributed by atoms with E-state index in [0.29, 0.717) is 4.90 Å². The van der Waals surface area contributed by atoms with Gasteiger partial charge >= 0.3 is 6.18 Å². The molecule has 0 radical (unpaired) electrons. The third kappa shape index (κ3) is 5.68. The molecule has 0 bridgehead atoms. The van der Waals surface area contributed by atoms with Crippen molar-refractivity contribution in [3.63, 3.8) is 0 Å². The Morgan fingerprint density at radius 3 is 1.88 bits per heavy atom. The van der Waals surface area contributed by atoms with E-state index < -0.39 is 18.6 Å². The van der Waals surface area contributed by atoms with Gasteiger partial charge < -0.3 is 4.90 Å². The van der Waals surface area contributed by atoms with Crippen molar-refractivity contribution in [3.05, 3.63) is 71.8 Å². The molecule has 0 aliphatic carbocycles. The zero-order valence-electron chi connectivity index (χ0n) is 13.5. The second-order valence-corrected chi connectivity index (χ2v) is 5.65. The zero-order valence-corrected chi connectivity index (χ0v) is 13.5. The number of hydrogen-bond acceptors (Lipinski definition) is 1. The van der Waals surface area contributed by atoms with Gasteiger partial charge in [-0.25, -0.2) is 0 Å². The van der Waals surface area contributed by atoms with Crippen molar-refractivity contribution in [1.82, 2.24) is 4.90 Å². The highest BCUT2D eigenvalue weighted by Gasteiger charge is 2.33. The van der Waals surface area contributed by atoms with Crippen molar-refractivity contribution in [3.8, 4) is 12.3 Å². The van der Waals surface area contributed by atoms with E-state index in [1.54, 1.807) is 0 Å². The Morgan fingerprint density at radius 1 is 1.00 bits per heavy atom. The van der Waals surface area contributed by atoms with E-state index in [2.05, 4.69) is 5.92 Å². The Hall–Kier alpha value is -2.74. The van der Waals surface area contributed by atoms with Gasteiger partial charge in [-0.2, -0.15) is 13.2 Å². The molecule has 0 aliphatic rings. The van der Waals surface area contributed by atoms with Crippen LogP contribution >= 0.6 is 0 Å². The molecule has 0 saturated heterocycles. The summed E-state index contributed by atoms with van der Waals surface area (Å²) in [6.45, 7) is -1.71. The molecule has 25 heavy (non-hydrogen) atoms.